The fourth-order valence-electron chi connectivity index (χ4n) is 1.23. The molecule has 0 aliphatic heterocycles. The van der Waals surface area contributed by atoms with E-state index in [9.17, 15) is 4.79 Å². The normalized spacial score (nSPS) is 10.2. The molecule has 4 nitrogen and oxygen atoms in total. The van der Waals surface area contributed by atoms with Gasteiger partial charge in [-0.3, -0.25) is 4.79 Å². The van der Waals surface area contributed by atoms with Crippen LogP contribution in [0.25, 0.3) is 11.5 Å². The number of benzene rings is 1. The molecule has 15 heavy (non-hydrogen) atoms. The lowest BCUT2D eigenvalue weighted by Gasteiger charge is -1.97. The Kier molecular flexibility index (Phi) is 2.60. The Morgan fingerprint density at radius 1 is 1.33 bits per heavy atom. The van der Waals surface area contributed by atoms with Gasteiger partial charge in [-0.15, -0.1) is 0 Å². The standard InChI is InChI=1S/C11H9NO3/c13-5-8-1-3-9(4-2-8)11-12-10(6-14)7-15-11/h1-4,6-7,13H,5H2. The number of oxazole rings is 1. The minimum absolute atomic E-state index is 0.00541. The van der Waals surface area contributed by atoms with Crippen LogP contribution in [-0.4, -0.2) is 16.4 Å². The number of hydrogen-bond acceptors (Lipinski definition) is 4. The van der Waals surface area contributed by atoms with Crippen LogP contribution < -0.4 is 0 Å². The molecule has 1 aromatic heterocycles. The van der Waals surface area contributed by atoms with Gasteiger partial charge in [-0.2, -0.15) is 0 Å². The van der Waals surface area contributed by atoms with Gasteiger partial charge in [0.2, 0.25) is 5.89 Å². The lowest BCUT2D eigenvalue weighted by Crippen LogP contribution is -1.84. The summed E-state index contributed by atoms with van der Waals surface area (Å²) in [5, 5.41) is 8.86. The quantitative estimate of drug-likeness (QED) is 0.770. The van der Waals surface area contributed by atoms with E-state index < -0.39 is 0 Å². The Bertz CT molecular complexity index is 459. The first-order chi connectivity index (χ1) is 7.33. The zero-order chi connectivity index (χ0) is 10.7. The largest absolute Gasteiger partial charge is 0.444 e. The summed E-state index contributed by atoms with van der Waals surface area (Å²) in [5.41, 5.74) is 1.87. The molecule has 0 unspecified atom stereocenters. The summed E-state index contributed by atoms with van der Waals surface area (Å²) >= 11 is 0. The second kappa shape index (κ2) is 4.06. The van der Waals surface area contributed by atoms with Crippen molar-refractivity contribution >= 4 is 6.29 Å². The molecular weight excluding hydrogens is 194 g/mol. The molecule has 0 saturated heterocycles. The highest BCUT2D eigenvalue weighted by molar-refractivity contribution is 5.72. The molecule has 0 aliphatic carbocycles. The van der Waals surface area contributed by atoms with Crippen LogP contribution in [0.4, 0.5) is 0 Å². The number of aromatic nitrogens is 1. The number of aliphatic hydroxyl groups excluding tert-OH is 1. The van der Waals surface area contributed by atoms with Crippen LogP contribution in [0.1, 0.15) is 16.1 Å². The Balaban J connectivity index is 2.32. The maximum Gasteiger partial charge on any atom is 0.226 e. The third-order valence-corrected chi connectivity index (χ3v) is 2.03. The Hall–Kier alpha value is -1.94. The smallest absolute Gasteiger partial charge is 0.226 e. The van der Waals surface area contributed by atoms with Crippen LogP contribution in [0.3, 0.4) is 0 Å². The first-order valence-electron chi connectivity index (χ1n) is 4.44. The molecule has 0 spiro atoms. The van der Waals surface area contributed by atoms with E-state index in [1.165, 1.54) is 6.26 Å². The van der Waals surface area contributed by atoms with Crippen molar-refractivity contribution in [3.63, 3.8) is 0 Å². The molecule has 1 N–H and O–H groups in total. The van der Waals surface area contributed by atoms with Crippen LogP contribution in [0.5, 0.6) is 0 Å². The molecule has 0 saturated carbocycles. The minimum Gasteiger partial charge on any atom is -0.444 e. The summed E-state index contributed by atoms with van der Waals surface area (Å²) in [5.74, 6) is 0.404. The van der Waals surface area contributed by atoms with E-state index in [0.29, 0.717) is 12.2 Å². The molecule has 0 bridgehead atoms. The van der Waals surface area contributed by atoms with Crippen LogP contribution in [0.15, 0.2) is 34.9 Å². The number of aldehydes is 1. The van der Waals surface area contributed by atoms with Gasteiger partial charge in [-0.25, -0.2) is 4.98 Å². The average Bonchev–Trinajstić information content (AvgIpc) is 2.78. The van der Waals surface area contributed by atoms with Gasteiger partial charge in [0.1, 0.15) is 12.0 Å². The summed E-state index contributed by atoms with van der Waals surface area (Å²) in [4.78, 5) is 14.4. The van der Waals surface area contributed by atoms with E-state index in [-0.39, 0.29) is 12.3 Å². The molecule has 0 fully saturated rings. The van der Waals surface area contributed by atoms with Crippen molar-refractivity contribution in [3.8, 4) is 11.5 Å². The minimum atomic E-state index is 0.00541. The van der Waals surface area contributed by atoms with Crippen molar-refractivity contribution in [2.24, 2.45) is 0 Å². The van der Waals surface area contributed by atoms with Gasteiger partial charge in [-0.05, 0) is 17.7 Å². The lowest BCUT2D eigenvalue weighted by atomic mass is 10.1. The van der Waals surface area contributed by atoms with Gasteiger partial charge >= 0.3 is 0 Å². The monoisotopic (exact) mass is 203 g/mol. The highest BCUT2D eigenvalue weighted by Gasteiger charge is 2.05. The maximum absolute atomic E-state index is 10.4. The average molecular weight is 203 g/mol. The molecule has 0 aliphatic rings. The molecule has 1 heterocycles. The van der Waals surface area contributed by atoms with E-state index in [2.05, 4.69) is 4.98 Å². The lowest BCUT2D eigenvalue weighted by molar-refractivity contribution is 0.111. The van der Waals surface area contributed by atoms with E-state index in [4.69, 9.17) is 9.52 Å². The van der Waals surface area contributed by atoms with Gasteiger partial charge in [0.15, 0.2) is 6.29 Å². The third-order valence-electron chi connectivity index (χ3n) is 2.03. The van der Waals surface area contributed by atoms with Gasteiger partial charge < -0.3 is 9.52 Å². The Morgan fingerprint density at radius 2 is 2.07 bits per heavy atom. The third kappa shape index (κ3) is 1.94. The number of carbonyl (C=O) groups excluding carboxylic acids is 1. The van der Waals surface area contributed by atoms with E-state index >= 15 is 0 Å². The Morgan fingerprint density at radius 3 is 2.60 bits per heavy atom. The number of hydrogen-bond donors (Lipinski definition) is 1. The number of nitrogens with zero attached hydrogens (tertiary/aromatic N) is 1. The molecule has 0 atom stereocenters. The van der Waals surface area contributed by atoms with Gasteiger partial charge in [-0.1, -0.05) is 12.1 Å². The molecule has 0 amide bonds. The SMILES string of the molecule is O=Cc1coc(-c2ccc(CO)cc2)n1. The van der Waals surface area contributed by atoms with Crippen LogP contribution >= 0.6 is 0 Å². The fraction of sp³-hybridized carbons (Fsp3) is 0.0909. The Labute approximate surface area is 86.2 Å². The fourth-order valence-corrected chi connectivity index (χ4v) is 1.23. The molecule has 2 rings (SSSR count). The topological polar surface area (TPSA) is 63.3 Å². The summed E-state index contributed by atoms with van der Waals surface area (Å²) in [6.45, 7) is 0.00541. The highest BCUT2D eigenvalue weighted by atomic mass is 16.3. The van der Waals surface area contributed by atoms with Crippen LogP contribution in [0, 0.1) is 0 Å². The number of aliphatic hydroxyl groups is 1. The van der Waals surface area contributed by atoms with E-state index in [0.717, 1.165) is 11.1 Å². The number of carbonyl (C=O) groups is 1. The zero-order valence-corrected chi connectivity index (χ0v) is 7.88. The van der Waals surface area contributed by atoms with Crippen molar-refractivity contribution in [3.05, 3.63) is 41.8 Å². The first-order valence-corrected chi connectivity index (χ1v) is 4.44. The van der Waals surface area contributed by atoms with Crippen LogP contribution in [0.2, 0.25) is 0 Å². The maximum atomic E-state index is 10.4. The molecule has 0 radical (unpaired) electrons. The predicted molar refractivity (Wildman–Crippen MR) is 53.2 cm³/mol. The first kappa shape index (κ1) is 9.61. The molecule has 4 heteroatoms. The predicted octanol–water partition coefficient (Wildman–Crippen LogP) is 1.65. The summed E-state index contributed by atoms with van der Waals surface area (Å²) in [6, 6.07) is 7.12. The molecule has 76 valence electrons. The highest BCUT2D eigenvalue weighted by Crippen LogP contribution is 2.18. The van der Waals surface area contributed by atoms with E-state index in [1.54, 1.807) is 24.3 Å². The van der Waals surface area contributed by atoms with Crippen molar-refractivity contribution in [2.75, 3.05) is 0 Å². The zero-order valence-electron chi connectivity index (χ0n) is 7.88. The van der Waals surface area contributed by atoms with Gasteiger partial charge in [0.25, 0.3) is 0 Å². The summed E-state index contributed by atoms with van der Waals surface area (Å²) < 4.78 is 5.11. The van der Waals surface area contributed by atoms with Crippen LogP contribution in [-0.2, 0) is 6.61 Å². The summed E-state index contributed by atoms with van der Waals surface area (Å²) in [7, 11) is 0. The van der Waals surface area contributed by atoms with E-state index in [1.807, 2.05) is 0 Å². The summed E-state index contributed by atoms with van der Waals surface area (Å²) in [6.07, 6.45) is 1.94. The van der Waals surface area contributed by atoms with Gasteiger partial charge in [0, 0.05) is 5.56 Å². The number of rotatable bonds is 3. The molecular formula is C11H9NO3. The van der Waals surface area contributed by atoms with Crippen molar-refractivity contribution < 1.29 is 14.3 Å². The van der Waals surface area contributed by atoms with Crippen molar-refractivity contribution in [2.45, 2.75) is 6.61 Å². The molecule has 1 aromatic carbocycles. The second-order valence-corrected chi connectivity index (χ2v) is 3.05. The van der Waals surface area contributed by atoms with Gasteiger partial charge in [0.05, 0.1) is 6.61 Å². The van der Waals surface area contributed by atoms with Crippen molar-refractivity contribution in [1.29, 1.82) is 0 Å². The second-order valence-electron chi connectivity index (χ2n) is 3.05. The van der Waals surface area contributed by atoms with Crippen molar-refractivity contribution in [1.82, 2.24) is 4.98 Å². The molecule has 2 aromatic rings.